The fourth-order valence-electron chi connectivity index (χ4n) is 5.10. The number of hydrogen-bond donors (Lipinski definition) is 0. The van der Waals surface area contributed by atoms with Gasteiger partial charge in [0.15, 0.2) is 0 Å². The van der Waals surface area contributed by atoms with E-state index in [0.29, 0.717) is 5.69 Å². The second-order valence-corrected chi connectivity index (χ2v) is 8.38. The van der Waals surface area contributed by atoms with Crippen molar-refractivity contribution < 1.29 is 8.78 Å². The molecule has 0 amide bonds. The Morgan fingerprint density at radius 2 is 1.09 bits per heavy atom. The Bertz CT molecular complexity index is 1760. The molecule has 162 valence electrons. The van der Waals surface area contributed by atoms with Crippen molar-refractivity contribution in [2.24, 2.45) is 0 Å². The van der Waals surface area contributed by atoms with Gasteiger partial charge in [-0.15, -0.1) is 0 Å². The van der Waals surface area contributed by atoms with Crippen LogP contribution in [-0.4, -0.2) is 14.1 Å². The number of aromatic nitrogens is 3. The first-order chi connectivity index (χ1) is 16.7. The van der Waals surface area contributed by atoms with Gasteiger partial charge in [-0.3, -0.25) is 4.98 Å². The molecule has 0 atom stereocenters. The fraction of sp³-hybridized carbons (Fsp3) is 0. The molecule has 0 bridgehead atoms. The summed E-state index contributed by atoms with van der Waals surface area (Å²) in [6.45, 7) is 0. The van der Waals surface area contributed by atoms with E-state index in [9.17, 15) is 8.78 Å². The SMILES string of the molecule is Fc1cccc(-n2c3ccccc3c3cnc4c5ccccc5n(-c5cccc(F)c5)c4c32)c1. The number of rotatable bonds is 2. The standard InChI is InChI=1S/C29H17F2N3/c30-18-7-5-9-20(15-18)33-25-13-3-1-11-22(25)24-17-32-27-23-12-2-4-14-26(23)34(29(27)28(24)33)21-10-6-8-19(31)16-21/h1-17H. The molecule has 0 unspecified atom stereocenters. The molecule has 0 aliphatic heterocycles. The molecule has 3 nitrogen and oxygen atoms in total. The lowest BCUT2D eigenvalue weighted by molar-refractivity contribution is 0.626. The summed E-state index contributed by atoms with van der Waals surface area (Å²) < 4.78 is 32.8. The average Bonchev–Trinajstić information content (AvgIpc) is 3.37. The predicted molar refractivity (Wildman–Crippen MR) is 133 cm³/mol. The molecule has 4 aromatic carbocycles. The zero-order valence-corrected chi connectivity index (χ0v) is 17.9. The number of benzene rings is 4. The molecule has 7 aromatic rings. The molecule has 0 N–H and O–H groups in total. The lowest BCUT2D eigenvalue weighted by atomic mass is 10.2. The van der Waals surface area contributed by atoms with Crippen LogP contribution in [0.2, 0.25) is 0 Å². The van der Waals surface area contributed by atoms with Crippen LogP contribution in [-0.2, 0) is 0 Å². The zero-order valence-electron chi connectivity index (χ0n) is 17.9. The minimum Gasteiger partial charge on any atom is -0.307 e. The van der Waals surface area contributed by atoms with Gasteiger partial charge in [0.2, 0.25) is 0 Å². The Hall–Kier alpha value is -4.51. The third-order valence-electron chi connectivity index (χ3n) is 6.44. The van der Waals surface area contributed by atoms with Crippen molar-refractivity contribution in [3.05, 3.63) is 115 Å². The number of halogens is 2. The molecule has 0 saturated carbocycles. The summed E-state index contributed by atoms with van der Waals surface area (Å²) in [5.41, 5.74) is 5.87. The second kappa shape index (κ2) is 6.99. The number of nitrogens with zero attached hydrogens (tertiary/aromatic N) is 3. The first-order valence-electron chi connectivity index (χ1n) is 11.0. The van der Waals surface area contributed by atoms with Crippen LogP contribution in [0.5, 0.6) is 0 Å². The van der Waals surface area contributed by atoms with Crippen LogP contribution < -0.4 is 0 Å². The molecule has 0 fully saturated rings. The van der Waals surface area contributed by atoms with Gasteiger partial charge in [0.1, 0.15) is 11.6 Å². The average molecular weight is 445 g/mol. The van der Waals surface area contributed by atoms with Crippen molar-refractivity contribution in [3.8, 4) is 11.4 Å². The van der Waals surface area contributed by atoms with Crippen LogP contribution in [0, 0.1) is 11.6 Å². The van der Waals surface area contributed by atoms with Gasteiger partial charge in [-0.05, 0) is 48.5 Å². The van der Waals surface area contributed by atoms with Crippen LogP contribution in [0.1, 0.15) is 0 Å². The maximum atomic E-state index is 14.4. The normalized spacial score (nSPS) is 11.8. The van der Waals surface area contributed by atoms with Gasteiger partial charge in [-0.2, -0.15) is 0 Å². The summed E-state index contributed by atoms with van der Waals surface area (Å²) in [4.78, 5) is 4.88. The highest BCUT2D eigenvalue weighted by Gasteiger charge is 2.22. The van der Waals surface area contributed by atoms with Gasteiger partial charge in [0.25, 0.3) is 0 Å². The van der Waals surface area contributed by atoms with Crippen LogP contribution in [0.25, 0.3) is 55.1 Å². The van der Waals surface area contributed by atoms with Gasteiger partial charge >= 0.3 is 0 Å². The largest absolute Gasteiger partial charge is 0.307 e. The Morgan fingerprint density at radius 3 is 1.74 bits per heavy atom. The summed E-state index contributed by atoms with van der Waals surface area (Å²) in [5.74, 6) is -0.617. The van der Waals surface area contributed by atoms with Crippen molar-refractivity contribution in [3.63, 3.8) is 0 Å². The second-order valence-electron chi connectivity index (χ2n) is 8.38. The third-order valence-corrected chi connectivity index (χ3v) is 6.44. The van der Waals surface area contributed by atoms with E-state index in [4.69, 9.17) is 4.98 Å². The number of fused-ring (bicyclic) bond motifs is 7. The minimum absolute atomic E-state index is 0.306. The quantitative estimate of drug-likeness (QED) is 0.269. The number of para-hydroxylation sites is 2. The molecule has 7 rings (SSSR count). The van der Waals surface area contributed by atoms with Crippen LogP contribution >= 0.6 is 0 Å². The van der Waals surface area contributed by atoms with E-state index in [2.05, 4.69) is 15.2 Å². The molecule has 0 aliphatic carbocycles. The van der Waals surface area contributed by atoms with E-state index >= 15 is 0 Å². The van der Waals surface area contributed by atoms with Crippen molar-refractivity contribution in [1.82, 2.24) is 14.1 Å². The van der Waals surface area contributed by atoms with E-state index < -0.39 is 0 Å². The number of hydrogen-bond acceptors (Lipinski definition) is 1. The molecular formula is C29H17F2N3. The fourth-order valence-corrected chi connectivity index (χ4v) is 5.10. The third kappa shape index (κ3) is 2.58. The van der Waals surface area contributed by atoms with Crippen molar-refractivity contribution in [1.29, 1.82) is 0 Å². The molecule has 0 aliphatic rings. The molecular weight excluding hydrogens is 428 g/mol. The van der Waals surface area contributed by atoms with Gasteiger partial charge in [0.05, 0.1) is 27.6 Å². The smallest absolute Gasteiger partial charge is 0.125 e. The van der Waals surface area contributed by atoms with E-state index in [1.807, 2.05) is 60.8 Å². The highest BCUT2D eigenvalue weighted by atomic mass is 19.1. The first-order valence-corrected chi connectivity index (χ1v) is 11.0. The summed E-state index contributed by atoms with van der Waals surface area (Å²) in [5, 5.41) is 2.94. The highest BCUT2D eigenvalue weighted by molar-refractivity contribution is 6.22. The summed E-state index contributed by atoms with van der Waals surface area (Å²) in [6.07, 6.45) is 1.89. The lowest BCUT2D eigenvalue weighted by Gasteiger charge is -2.12. The van der Waals surface area contributed by atoms with Gasteiger partial charge in [-0.1, -0.05) is 48.5 Å². The molecule has 5 heteroatoms. The Labute approximate surface area is 193 Å². The van der Waals surface area contributed by atoms with E-state index in [0.717, 1.165) is 49.4 Å². The maximum absolute atomic E-state index is 14.4. The maximum Gasteiger partial charge on any atom is 0.125 e. The summed E-state index contributed by atoms with van der Waals surface area (Å²) in [6, 6.07) is 29.2. The Morgan fingerprint density at radius 1 is 0.529 bits per heavy atom. The Kier molecular flexibility index (Phi) is 3.91. The van der Waals surface area contributed by atoms with Crippen LogP contribution in [0.4, 0.5) is 8.78 Å². The zero-order chi connectivity index (χ0) is 22.8. The van der Waals surface area contributed by atoms with Gasteiger partial charge < -0.3 is 9.13 Å². The highest BCUT2D eigenvalue weighted by Crippen LogP contribution is 2.40. The molecule has 34 heavy (non-hydrogen) atoms. The van der Waals surface area contributed by atoms with E-state index in [1.54, 1.807) is 12.1 Å². The van der Waals surface area contributed by atoms with E-state index in [1.165, 1.54) is 24.3 Å². The predicted octanol–water partition coefficient (Wildman–Crippen LogP) is 7.55. The van der Waals surface area contributed by atoms with Gasteiger partial charge in [0, 0.05) is 33.7 Å². The Balaban J connectivity index is 1.79. The lowest BCUT2D eigenvalue weighted by Crippen LogP contribution is -1.99. The van der Waals surface area contributed by atoms with E-state index in [-0.39, 0.29) is 11.6 Å². The van der Waals surface area contributed by atoms with Crippen molar-refractivity contribution in [2.45, 2.75) is 0 Å². The summed E-state index contributed by atoms with van der Waals surface area (Å²) >= 11 is 0. The van der Waals surface area contributed by atoms with Crippen molar-refractivity contribution in [2.75, 3.05) is 0 Å². The minimum atomic E-state index is -0.311. The molecule has 0 saturated heterocycles. The molecule has 0 radical (unpaired) electrons. The van der Waals surface area contributed by atoms with Gasteiger partial charge in [-0.25, -0.2) is 8.78 Å². The topological polar surface area (TPSA) is 22.8 Å². The number of pyridine rings is 1. The first kappa shape index (κ1) is 19.0. The molecule has 0 spiro atoms. The molecule has 3 heterocycles. The van der Waals surface area contributed by atoms with Crippen LogP contribution in [0.15, 0.2) is 103 Å². The monoisotopic (exact) mass is 445 g/mol. The molecule has 3 aromatic heterocycles. The summed E-state index contributed by atoms with van der Waals surface area (Å²) in [7, 11) is 0. The van der Waals surface area contributed by atoms with Crippen molar-refractivity contribution >= 4 is 43.7 Å². The van der Waals surface area contributed by atoms with Crippen LogP contribution in [0.3, 0.4) is 0 Å².